The van der Waals surface area contributed by atoms with Gasteiger partial charge in [0.2, 0.25) is 0 Å². The van der Waals surface area contributed by atoms with Crippen molar-refractivity contribution in [1.82, 2.24) is 5.32 Å². The van der Waals surface area contributed by atoms with Gasteiger partial charge in [0.25, 0.3) is 0 Å². The molecule has 1 atom stereocenters. The zero-order chi connectivity index (χ0) is 12.3. The molecular formula is C15H23NO. The molecule has 1 aliphatic rings. The van der Waals surface area contributed by atoms with E-state index in [1.165, 1.54) is 36.1 Å². The Kier molecular flexibility index (Phi) is 4.06. The number of rotatable bonds is 4. The van der Waals surface area contributed by atoms with E-state index in [1.54, 1.807) is 0 Å². The van der Waals surface area contributed by atoms with Gasteiger partial charge < -0.3 is 10.1 Å². The molecule has 17 heavy (non-hydrogen) atoms. The molecule has 2 heteroatoms. The number of benzene rings is 1. The van der Waals surface area contributed by atoms with Crippen molar-refractivity contribution in [3.8, 4) is 5.75 Å². The molecule has 0 radical (unpaired) electrons. The van der Waals surface area contributed by atoms with E-state index in [1.807, 2.05) is 0 Å². The fraction of sp³-hybridized carbons (Fsp3) is 0.600. The van der Waals surface area contributed by atoms with Crippen molar-refractivity contribution in [3.05, 3.63) is 28.8 Å². The van der Waals surface area contributed by atoms with E-state index in [0.29, 0.717) is 6.04 Å². The van der Waals surface area contributed by atoms with Crippen LogP contribution in [0.5, 0.6) is 5.75 Å². The van der Waals surface area contributed by atoms with Gasteiger partial charge in [-0.05, 0) is 69.3 Å². The second kappa shape index (κ2) is 5.54. The Morgan fingerprint density at radius 1 is 1.18 bits per heavy atom. The van der Waals surface area contributed by atoms with Crippen LogP contribution in [-0.4, -0.2) is 19.2 Å². The summed E-state index contributed by atoms with van der Waals surface area (Å²) in [6.45, 7) is 8.40. The van der Waals surface area contributed by atoms with Crippen LogP contribution in [0.3, 0.4) is 0 Å². The molecule has 94 valence electrons. The highest BCUT2D eigenvalue weighted by Gasteiger charge is 2.13. The van der Waals surface area contributed by atoms with E-state index in [4.69, 9.17) is 4.74 Å². The number of ether oxygens (including phenoxy) is 1. The molecule has 1 fully saturated rings. The summed E-state index contributed by atoms with van der Waals surface area (Å²) in [5.74, 6) is 1.05. The van der Waals surface area contributed by atoms with Crippen LogP contribution in [0.4, 0.5) is 0 Å². The summed E-state index contributed by atoms with van der Waals surface area (Å²) in [4.78, 5) is 0. The SMILES string of the molecule is Cc1cc(C)c(OCCC2CCCN2)cc1C. The van der Waals surface area contributed by atoms with Gasteiger partial charge in [0.05, 0.1) is 6.61 Å². The van der Waals surface area contributed by atoms with Crippen molar-refractivity contribution in [2.75, 3.05) is 13.2 Å². The monoisotopic (exact) mass is 233 g/mol. The third-order valence-corrected chi connectivity index (χ3v) is 3.68. The van der Waals surface area contributed by atoms with E-state index >= 15 is 0 Å². The lowest BCUT2D eigenvalue weighted by atomic mass is 10.1. The summed E-state index contributed by atoms with van der Waals surface area (Å²) in [5.41, 5.74) is 3.89. The van der Waals surface area contributed by atoms with Gasteiger partial charge in [-0.2, -0.15) is 0 Å². The number of hydrogen-bond acceptors (Lipinski definition) is 2. The fourth-order valence-corrected chi connectivity index (χ4v) is 2.40. The first-order valence-electron chi connectivity index (χ1n) is 6.61. The van der Waals surface area contributed by atoms with Crippen LogP contribution in [-0.2, 0) is 0 Å². The average molecular weight is 233 g/mol. The molecule has 2 nitrogen and oxygen atoms in total. The van der Waals surface area contributed by atoms with Crippen LogP contribution in [0.15, 0.2) is 12.1 Å². The zero-order valence-electron chi connectivity index (χ0n) is 11.2. The van der Waals surface area contributed by atoms with Crippen molar-refractivity contribution in [2.24, 2.45) is 0 Å². The second-order valence-corrected chi connectivity index (χ2v) is 5.13. The van der Waals surface area contributed by atoms with Crippen molar-refractivity contribution >= 4 is 0 Å². The minimum atomic E-state index is 0.668. The molecule has 0 aromatic heterocycles. The molecular weight excluding hydrogens is 210 g/mol. The number of aryl methyl sites for hydroxylation is 3. The summed E-state index contributed by atoms with van der Waals surface area (Å²) in [6, 6.07) is 5.03. The van der Waals surface area contributed by atoms with Crippen LogP contribution in [0.2, 0.25) is 0 Å². The van der Waals surface area contributed by atoms with Crippen molar-refractivity contribution in [1.29, 1.82) is 0 Å². The summed E-state index contributed by atoms with van der Waals surface area (Å²) < 4.78 is 5.89. The molecule has 0 amide bonds. The Morgan fingerprint density at radius 3 is 2.65 bits per heavy atom. The maximum Gasteiger partial charge on any atom is 0.122 e. The largest absolute Gasteiger partial charge is 0.493 e. The Balaban J connectivity index is 1.87. The highest BCUT2D eigenvalue weighted by Crippen LogP contribution is 2.22. The maximum absolute atomic E-state index is 5.89. The fourth-order valence-electron chi connectivity index (χ4n) is 2.40. The summed E-state index contributed by atoms with van der Waals surface area (Å²) in [5, 5.41) is 3.50. The van der Waals surface area contributed by atoms with Gasteiger partial charge in [-0.1, -0.05) is 6.07 Å². The predicted octanol–water partition coefficient (Wildman–Crippen LogP) is 3.13. The van der Waals surface area contributed by atoms with Gasteiger partial charge in [-0.25, -0.2) is 0 Å². The zero-order valence-corrected chi connectivity index (χ0v) is 11.2. The van der Waals surface area contributed by atoms with Crippen LogP contribution < -0.4 is 10.1 Å². The van der Waals surface area contributed by atoms with E-state index in [9.17, 15) is 0 Å². The summed E-state index contributed by atoms with van der Waals surface area (Å²) >= 11 is 0. The van der Waals surface area contributed by atoms with E-state index in [0.717, 1.165) is 18.8 Å². The summed E-state index contributed by atoms with van der Waals surface area (Å²) in [6.07, 6.45) is 3.73. The first-order valence-corrected chi connectivity index (χ1v) is 6.61. The highest BCUT2D eigenvalue weighted by atomic mass is 16.5. The topological polar surface area (TPSA) is 21.3 Å². The lowest BCUT2D eigenvalue weighted by molar-refractivity contribution is 0.290. The molecule has 0 spiro atoms. The van der Waals surface area contributed by atoms with Crippen LogP contribution >= 0.6 is 0 Å². The average Bonchev–Trinajstić information content (AvgIpc) is 2.78. The lowest BCUT2D eigenvalue weighted by Gasteiger charge is -2.14. The van der Waals surface area contributed by atoms with Gasteiger partial charge in [-0.15, -0.1) is 0 Å². The molecule has 1 unspecified atom stereocenters. The van der Waals surface area contributed by atoms with E-state index in [2.05, 4.69) is 38.2 Å². The molecule has 2 rings (SSSR count). The predicted molar refractivity (Wildman–Crippen MR) is 71.8 cm³/mol. The smallest absolute Gasteiger partial charge is 0.122 e. The number of nitrogens with one attached hydrogen (secondary N) is 1. The third kappa shape index (κ3) is 3.22. The molecule has 0 bridgehead atoms. The van der Waals surface area contributed by atoms with Gasteiger partial charge in [0.1, 0.15) is 5.75 Å². The van der Waals surface area contributed by atoms with E-state index < -0.39 is 0 Å². The molecule has 1 aliphatic heterocycles. The molecule has 1 aromatic carbocycles. The van der Waals surface area contributed by atoms with Crippen molar-refractivity contribution < 1.29 is 4.74 Å². The third-order valence-electron chi connectivity index (χ3n) is 3.68. The quantitative estimate of drug-likeness (QED) is 0.862. The minimum Gasteiger partial charge on any atom is -0.493 e. The van der Waals surface area contributed by atoms with Gasteiger partial charge in [0, 0.05) is 6.04 Å². The Hall–Kier alpha value is -1.02. The Labute approximate surface area is 104 Å². The van der Waals surface area contributed by atoms with Crippen molar-refractivity contribution in [3.63, 3.8) is 0 Å². The molecule has 1 aromatic rings. The number of hydrogen-bond donors (Lipinski definition) is 1. The van der Waals surface area contributed by atoms with Gasteiger partial charge in [0.15, 0.2) is 0 Å². The van der Waals surface area contributed by atoms with Crippen molar-refractivity contribution in [2.45, 2.75) is 46.1 Å². The standard InChI is InChI=1S/C15H23NO/c1-11-9-13(3)15(10-12(11)2)17-8-6-14-5-4-7-16-14/h9-10,14,16H,4-8H2,1-3H3. The molecule has 1 heterocycles. The van der Waals surface area contributed by atoms with Gasteiger partial charge >= 0.3 is 0 Å². The van der Waals surface area contributed by atoms with Crippen LogP contribution in [0.25, 0.3) is 0 Å². The lowest BCUT2D eigenvalue weighted by Crippen LogP contribution is -2.23. The highest BCUT2D eigenvalue weighted by molar-refractivity contribution is 5.40. The molecule has 0 saturated carbocycles. The minimum absolute atomic E-state index is 0.668. The maximum atomic E-state index is 5.89. The first-order chi connectivity index (χ1) is 8.16. The molecule has 0 aliphatic carbocycles. The molecule has 1 N–H and O–H groups in total. The first kappa shape index (κ1) is 12.4. The Morgan fingerprint density at radius 2 is 1.94 bits per heavy atom. The Bertz CT molecular complexity index is 381. The van der Waals surface area contributed by atoms with E-state index in [-0.39, 0.29) is 0 Å². The van der Waals surface area contributed by atoms with Crippen LogP contribution in [0.1, 0.15) is 36.0 Å². The van der Waals surface area contributed by atoms with Crippen LogP contribution in [0, 0.1) is 20.8 Å². The summed E-state index contributed by atoms with van der Waals surface area (Å²) in [7, 11) is 0. The normalized spacial score (nSPS) is 19.6. The second-order valence-electron chi connectivity index (χ2n) is 5.13. The van der Waals surface area contributed by atoms with Gasteiger partial charge in [-0.3, -0.25) is 0 Å². The molecule has 1 saturated heterocycles.